The molecule has 3 nitrogen and oxygen atoms in total. The smallest absolute Gasteiger partial charge is 0.340 e. The molecule has 0 N–H and O–H groups in total. The van der Waals surface area contributed by atoms with Crippen LogP contribution in [0.2, 0.25) is 0 Å². The van der Waals surface area contributed by atoms with Gasteiger partial charge in [0.15, 0.2) is 0 Å². The minimum atomic E-state index is -0.286. The zero-order valence-electron chi connectivity index (χ0n) is 16.7. The minimum Gasteiger partial charge on any atom is -0.463 e. The minimum absolute atomic E-state index is 0.286. The highest BCUT2D eigenvalue weighted by Gasteiger charge is 2.19. The van der Waals surface area contributed by atoms with Crippen molar-refractivity contribution in [2.75, 3.05) is 0 Å². The van der Waals surface area contributed by atoms with E-state index in [2.05, 4.69) is 34.1 Å². The Hall–Kier alpha value is -3.11. The van der Waals surface area contributed by atoms with E-state index in [0.717, 1.165) is 48.6 Å². The molecule has 0 unspecified atom stereocenters. The fraction of sp³-hybridized carbons (Fsp3) is 0.115. The van der Waals surface area contributed by atoms with Gasteiger partial charge in [0.05, 0.1) is 6.26 Å². The summed E-state index contributed by atoms with van der Waals surface area (Å²) in [4.78, 5) is 12.8. The van der Waals surface area contributed by atoms with Crippen LogP contribution in [0, 0.1) is 13.8 Å². The Bertz CT molecular complexity index is 1440. The average molecular weight is 459 g/mol. The monoisotopic (exact) mass is 458 g/mol. The fourth-order valence-corrected chi connectivity index (χ4v) is 4.32. The van der Waals surface area contributed by atoms with Crippen LogP contribution in [0.25, 0.3) is 33.1 Å². The van der Waals surface area contributed by atoms with Gasteiger partial charge in [0.25, 0.3) is 0 Å². The molecule has 0 aliphatic rings. The first-order chi connectivity index (χ1) is 14.5. The van der Waals surface area contributed by atoms with Crippen LogP contribution in [0.1, 0.15) is 22.3 Å². The molecule has 0 bridgehead atoms. The highest BCUT2D eigenvalue weighted by atomic mass is 79.9. The molecule has 0 spiro atoms. The average Bonchev–Trinajstić information content (AvgIpc) is 3.18. The van der Waals surface area contributed by atoms with Gasteiger partial charge in [0.2, 0.25) is 0 Å². The Morgan fingerprint density at radius 2 is 1.60 bits per heavy atom. The third-order valence-electron chi connectivity index (χ3n) is 5.72. The van der Waals surface area contributed by atoms with E-state index in [1.54, 1.807) is 6.26 Å². The van der Waals surface area contributed by atoms with E-state index in [4.69, 9.17) is 8.83 Å². The second kappa shape index (κ2) is 7.29. The molecular weight excluding hydrogens is 440 g/mol. The Morgan fingerprint density at radius 3 is 2.33 bits per heavy atom. The first-order valence-corrected chi connectivity index (χ1v) is 10.6. The summed E-state index contributed by atoms with van der Waals surface area (Å²) in [5.74, 6) is 0. The summed E-state index contributed by atoms with van der Waals surface area (Å²) < 4.78 is 12.7. The van der Waals surface area contributed by atoms with Gasteiger partial charge in [-0.2, -0.15) is 0 Å². The van der Waals surface area contributed by atoms with Crippen molar-refractivity contribution in [1.29, 1.82) is 0 Å². The van der Waals surface area contributed by atoms with Crippen molar-refractivity contribution < 1.29 is 8.83 Å². The number of benzene rings is 3. The highest BCUT2D eigenvalue weighted by Crippen LogP contribution is 2.37. The number of fused-ring (bicyclic) bond motifs is 2. The molecule has 0 fully saturated rings. The predicted octanol–water partition coefficient (Wildman–Crippen LogP) is 7.18. The molecule has 30 heavy (non-hydrogen) atoms. The second-order valence-electron chi connectivity index (χ2n) is 7.57. The van der Waals surface area contributed by atoms with Crippen LogP contribution in [0.5, 0.6) is 0 Å². The maximum atomic E-state index is 12.8. The summed E-state index contributed by atoms with van der Waals surface area (Å²) in [6, 6.07) is 20.2. The van der Waals surface area contributed by atoms with Crippen molar-refractivity contribution >= 4 is 37.9 Å². The third kappa shape index (κ3) is 3.08. The molecule has 0 saturated heterocycles. The van der Waals surface area contributed by atoms with E-state index in [9.17, 15) is 4.79 Å². The molecule has 0 radical (unpaired) electrons. The summed E-state index contributed by atoms with van der Waals surface area (Å²) in [6.45, 7) is 3.95. The van der Waals surface area contributed by atoms with Crippen LogP contribution in [0.3, 0.4) is 0 Å². The van der Waals surface area contributed by atoms with Gasteiger partial charge in [-0.1, -0.05) is 58.4 Å². The van der Waals surface area contributed by atoms with Crippen LogP contribution < -0.4 is 5.63 Å². The lowest BCUT2D eigenvalue weighted by molar-refractivity contribution is 0.546. The molecule has 0 aliphatic heterocycles. The Morgan fingerprint density at radius 1 is 0.867 bits per heavy atom. The Kier molecular flexibility index (Phi) is 4.59. The molecule has 3 aromatic carbocycles. The molecule has 0 aliphatic carbocycles. The summed E-state index contributed by atoms with van der Waals surface area (Å²) in [7, 11) is 0. The lowest BCUT2D eigenvalue weighted by atomic mass is 9.96. The molecule has 2 heterocycles. The fourth-order valence-electron chi connectivity index (χ4n) is 4.05. The molecule has 5 rings (SSSR count). The molecule has 2 aromatic heterocycles. The number of aryl methyl sites for hydroxylation is 2. The highest BCUT2D eigenvalue weighted by molar-refractivity contribution is 9.10. The molecule has 0 saturated carbocycles. The first-order valence-electron chi connectivity index (χ1n) is 9.80. The largest absolute Gasteiger partial charge is 0.463 e. The van der Waals surface area contributed by atoms with Crippen molar-refractivity contribution in [3.63, 3.8) is 0 Å². The zero-order chi connectivity index (χ0) is 20.8. The van der Waals surface area contributed by atoms with Crippen LogP contribution >= 0.6 is 15.9 Å². The SMILES string of the molecule is Cc1c(Cc2ccccc2)c(=O)oc2c(C)c3occ(-c4ccc(Br)cc4)c3cc12. The zero-order valence-corrected chi connectivity index (χ0v) is 18.2. The molecule has 0 atom stereocenters. The van der Waals surface area contributed by atoms with E-state index in [0.29, 0.717) is 17.6 Å². The van der Waals surface area contributed by atoms with Gasteiger partial charge in [-0.15, -0.1) is 0 Å². The lowest BCUT2D eigenvalue weighted by Gasteiger charge is -2.10. The molecule has 5 aromatic rings. The van der Waals surface area contributed by atoms with Gasteiger partial charge in [0.1, 0.15) is 11.2 Å². The number of hydrogen-bond donors (Lipinski definition) is 0. The van der Waals surface area contributed by atoms with E-state index in [-0.39, 0.29) is 5.63 Å². The van der Waals surface area contributed by atoms with Crippen LogP contribution in [0.4, 0.5) is 0 Å². The number of furan rings is 1. The van der Waals surface area contributed by atoms with Crippen LogP contribution in [-0.2, 0) is 6.42 Å². The van der Waals surface area contributed by atoms with Gasteiger partial charge >= 0.3 is 5.63 Å². The topological polar surface area (TPSA) is 43.4 Å². The van der Waals surface area contributed by atoms with E-state index in [1.807, 2.05) is 56.3 Å². The van der Waals surface area contributed by atoms with Gasteiger partial charge < -0.3 is 8.83 Å². The van der Waals surface area contributed by atoms with Gasteiger partial charge in [0, 0.05) is 38.4 Å². The van der Waals surface area contributed by atoms with E-state index < -0.39 is 0 Å². The van der Waals surface area contributed by atoms with Gasteiger partial charge in [-0.05, 0) is 48.7 Å². The molecular formula is C26H19BrO3. The van der Waals surface area contributed by atoms with E-state index in [1.165, 1.54) is 0 Å². The predicted molar refractivity (Wildman–Crippen MR) is 124 cm³/mol. The first kappa shape index (κ1) is 18.9. The number of hydrogen-bond acceptors (Lipinski definition) is 3. The quantitative estimate of drug-likeness (QED) is 0.269. The maximum Gasteiger partial charge on any atom is 0.340 e. The third-order valence-corrected chi connectivity index (χ3v) is 6.25. The van der Waals surface area contributed by atoms with Crippen molar-refractivity contribution in [2.45, 2.75) is 20.3 Å². The van der Waals surface area contributed by atoms with E-state index >= 15 is 0 Å². The lowest BCUT2D eigenvalue weighted by Crippen LogP contribution is -2.11. The van der Waals surface area contributed by atoms with Crippen molar-refractivity contribution in [1.82, 2.24) is 0 Å². The Balaban J connectivity index is 1.75. The Labute approximate surface area is 182 Å². The van der Waals surface area contributed by atoms with Gasteiger partial charge in [-0.25, -0.2) is 4.79 Å². The second-order valence-corrected chi connectivity index (χ2v) is 8.48. The van der Waals surface area contributed by atoms with Crippen molar-refractivity contribution in [3.8, 4) is 11.1 Å². The van der Waals surface area contributed by atoms with Crippen molar-refractivity contribution in [3.05, 3.63) is 104 Å². The molecule has 4 heteroatoms. The summed E-state index contributed by atoms with van der Waals surface area (Å²) in [5, 5.41) is 1.97. The maximum absolute atomic E-state index is 12.8. The van der Waals surface area contributed by atoms with Crippen molar-refractivity contribution in [2.24, 2.45) is 0 Å². The standard InChI is InChI=1S/C26H19BrO3/c1-15-20-13-22-23(18-8-10-19(27)11-9-18)14-29-24(22)16(2)25(20)30-26(28)21(15)12-17-6-4-3-5-7-17/h3-11,13-14H,12H2,1-2H3. The number of halogens is 1. The summed E-state index contributed by atoms with van der Waals surface area (Å²) in [5.41, 5.74) is 6.75. The van der Waals surface area contributed by atoms with Crippen LogP contribution in [-0.4, -0.2) is 0 Å². The summed E-state index contributed by atoms with van der Waals surface area (Å²) >= 11 is 3.49. The summed E-state index contributed by atoms with van der Waals surface area (Å²) in [6.07, 6.45) is 2.32. The molecule has 0 amide bonds. The van der Waals surface area contributed by atoms with Crippen LogP contribution in [0.15, 0.2) is 85.0 Å². The number of rotatable bonds is 3. The molecule has 148 valence electrons. The van der Waals surface area contributed by atoms with Gasteiger partial charge in [-0.3, -0.25) is 0 Å². The normalized spacial score (nSPS) is 11.4.